The minimum absolute atomic E-state index is 0.504. The fourth-order valence-corrected chi connectivity index (χ4v) is 1.17. The second-order valence-corrected chi connectivity index (χ2v) is 2.89. The minimum Gasteiger partial charge on any atom is -0.207 e. The first kappa shape index (κ1) is 9.90. The van der Waals surface area contributed by atoms with E-state index in [-0.39, 0.29) is 0 Å². The fourth-order valence-electron chi connectivity index (χ4n) is 1.17. The molecule has 1 aromatic rings. The zero-order valence-corrected chi connectivity index (χ0v) is 7.56. The van der Waals surface area contributed by atoms with Crippen molar-refractivity contribution in [2.75, 3.05) is 0 Å². The number of hydrogen-bond acceptors (Lipinski definition) is 0. The molecule has 0 saturated carbocycles. The van der Waals surface area contributed by atoms with Gasteiger partial charge in [-0.1, -0.05) is 12.2 Å². The Bertz CT molecular complexity index is 283. The molecule has 1 rings (SSSR count). The maximum Gasteiger partial charge on any atom is 0.126 e. The van der Waals surface area contributed by atoms with Gasteiger partial charge in [-0.05, 0) is 37.5 Å². The van der Waals surface area contributed by atoms with Crippen LogP contribution in [0.2, 0.25) is 0 Å². The molecular formula is C11H12F2. The monoisotopic (exact) mass is 182 g/mol. The average molecular weight is 182 g/mol. The van der Waals surface area contributed by atoms with Crippen molar-refractivity contribution < 1.29 is 8.78 Å². The van der Waals surface area contributed by atoms with Crippen molar-refractivity contribution in [2.45, 2.75) is 19.8 Å². The topological polar surface area (TPSA) is 0 Å². The molecule has 0 unspecified atom stereocenters. The molecule has 70 valence electrons. The molecule has 0 aliphatic rings. The van der Waals surface area contributed by atoms with Crippen LogP contribution in [0, 0.1) is 11.6 Å². The van der Waals surface area contributed by atoms with E-state index in [1.807, 2.05) is 19.1 Å². The Morgan fingerprint density at radius 1 is 1.15 bits per heavy atom. The fraction of sp³-hybridized carbons (Fsp3) is 0.273. The van der Waals surface area contributed by atoms with Gasteiger partial charge in [0.25, 0.3) is 0 Å². The molecule has 0 heterocycles. The van der Waals surface area contributed by atoms with E-state index in [1.54, 1.807) is 0 Å². The second-order valence-electron chi connectivity index (χ2n) is 2.89. The molecule has 0 nitrogen and oxygen atoms in total. The molecule has 13 heavy (non-hydrogen) atoms. The zero-order valence-electron chi connectivity index (χ0n) is 7.56. The first-order valence-corrected chi connectivity index (χ1v) is 4.28. The van der Waals surface area contributed by atoms with Gasteiger partial charge in [0.15, 0.2) is 0 Å². The second kappa shape index (κ2) is 4.75. The summed E-state index contributed by atoms with van der Waals surface area (Å²) >= 11 is 0. The smallest absolute Gasteiger partial charge is 0.126 e. The molecule has 0 fully saturated rings. The summed E-state index contributed by atoms with van der Waals surface area (Å²) in [4.78, 5) is 0. The summed E-state index contributed by atoms with van der Waals surface area (Å²) < 4.78 is 25.4. The predicted octanol–water partition coefficient (Wildman–Crippen LogP) is 3.47. The zero-order chi connectivity index (χ0) is 9.68. The molecule has 0 aromatic heterocycles. The van der Waals surface area contributed by atoms with Crippen LogP contribution in [0.3, 0.4) is 0 Å². The molecule has 0 N–H and O–H groups in total. The summed E-state index contributed by atoms with van der Waals surface area (Å²) in [5, 5.41) is 0. The number of allylic oxidation sites excluding steroid dienone is 2. The van der Waals surface area contributed by atoms with Crippen LogP contribution in [0.15, 0.2) is 30.4 Å². The lowest BCUT2D eigenvalue weighted by Crippen LogP contribution is -1.87. The number of benzene rings is 1. The highest BCUT2D eigenvalue weighted by Gasteiger charge is 1.98. The molecule has 0 atom stereocenters. The summed E-state index contributed by atoms with van der Waals surface area (Å²) in [5.41, 5.74) is 0.704. The third-order valence-electron chi connectivity index (χ3n) is 1.76. The van der Waals surface area contributed by atoms with E-state index in [2.05, 4.69) is 0 Å². The Morgan fingerprint density at radius 2 is 1.77 bits per heavy atom. The number of halogens is 2. The van der Waals surface area contributed by atoms with Gasteiger partial charge in [-0.25, -0.2) is 8.78 Å². The van der Waals surface area contributed by atoms with Gasteiger partial charge in [0, 0.05) is 6.07 Å². The maximum absolute atomic E-state index is 12.7. The maximum atomic E-state index is 12.7. The van der Waals surface area contributed by atoms with E-state index in [4.69, 9.17) is 0 Å². The summed E-state index contributed by atoms with van der Waals surface area (Å²) in [6, 6.07) is 3.62. The SMILES string of the molecule is C/C=C/CCc1cc(F)cc(F)c1. The lowest BCUT2D eigenvalue weighted by atomic mass is 10.1. The molecule has 0 amide bonds. The quantitative estimate of drug-likeness (QED) is 0.628. The van der Waals surface area contributed by atoms with Crippen molar-refractivity contribution in [1.82, 2.24) is 0 Å². The third kappa shape index (κ3) is 3.36. The van der Waals surface area contributed by atoms with E-state index in [0.717, 1.165) is 12.5 Å². The summed E-state index contributed by atoms with van der Waals surface area (Å²) in [6.45, 7) is 1.92. The van der Waals surface area contributed by atoms with Crippen molar-refractivity contribution in [1.29, 1.82) is 0 Å². The van der Waals surface area contributed by atoms with E-state index in [9.17, 15) is 8.78 Å². The largest absolute Gasteiger partial charge is 0.207 e. The van der Waals surface area contributed by atoms with Gasteiger partial charge in [-0.3, -0.25) is 0 Å². The first-order chi connectivity index (χ1) is 6.22. The van der Waals surface area contributed by atoms with Crippen LogP contribution in [-0.2, 0) is 6.42 Å². The summed E-state index contributed by atoms with van der Waals surface area (Å²) in [5.74, 6) is -1.01. The predicted molar refractivity (Wildman–Crippen MR) is 49.5 cm³/mol. The van der Waals surface area contributed by atoms with Crippen molar-refractivity contribution in [2.24, 2.45) is 0 Å². The van der Waals surface area contributed by atoms with E-state index in [1.165, 1.54) is 12.1 Å². The van der Waals surface area contributed by atoms with Gasteiger partial charge in [-0.2, -0.15) is 0 Å². The molecule has 0 bridgehead atoms. The van der Waals surface area contributed by atoms with Crippen LogP contribution in [0.25, 0.3) is 0 Å². The molecule has 0 aliphatic carbocycles. The van der Waals surface area contributed by atoms with E-state index >= 15 is 0 Å². The molecule has 0 saturated heterocycles. The van der Waals surface area contributed by atoms with Gasteiger partial charge in [0.1, 0.15) is 11.6 Å². The third-order valence-corrected chi connectivity index (χ3v) is 1.76. The van der Waals surface area contributed by atoms with Gasteiger partial charge in [0.2, 0.25) is 0 Å². The normalized spacial score (nSPS) is 11.0. The molecule has 2 heteroatoms. The average Bonchev–Trinajstić information content (AvgIpc) is 2.03. The lowest BCUT2D eigenvalue weighted by molar-refractivity contribution is 0.579. The molecule has 0 radical (unpaired) electrons. The van der Waals surface area contributed by atoms with Crippen LogP contribution in [-0.4, -0.2) is 0 Å². The molecule has 1 aromatic carbocycles. The van der Waals surface area contributed by atoms with E-state index in [0.29, 0.717) is 12.0 Å². The summed E-state index contributed by atoms with van der Waals surface area (Å²) in [6.07, 6.45) is 5.40. The first-order valence-electron chi connectivity index (χ1n) is 4.28. The van der Waals surface area contributed by atoms with Crippen LogP contribution in [0.4, 0.5) is 8.78 Å². The van der Waals surface area contributed by atoms with Gasteiger partial charge >= 0.3 is 0 Å². The van der Waals surface area contributed by atoms with Crippen LogP contribution >= 0.6 is 0 Å². The van der Waals surface area contributed by atoms with Crippen molar-refractivity contribution in [3.05, 3.63) is 47.5 Å². The van der Waals surface area contributed by atoms with Crippen molar-refractivity contribution >= 4 is 0 Å². The molecular weight excluding hydrogens is 170 g/mol. The molecule has 0 aliphatic heterocycles. The minimum atomic E-state index is -0.504. The molecule has 0 spiro atoms. The van der Waals surface area contributed by atoms with Crippen LogP contribution in [0.5, 0.6) is 0 Å². The standard InChI is InChI=1S/C11H12F2/c1-2-3-4-5-9-6-10(12)8-11(13)7-9/h2-3,6-8H,4-5H2,1H3/b3-2+. The van der Waals surface area contributed by atoms with Gasteiger partial charge < -0.3 is 0 Å². The highest BCUT2D eigenvalue weighted by molar-refractivity contribution is 5.18. The lowest BCUT2D eigenvalue weighted by Gasteiger charge is -1.98. The highest BCUT2D eigenvalue weighted by atomic mass is 19.1. The van der Waals surface area contributed by atoms with Gasteiger partial charge in [0.05, 0.1) is 0 Å². The highest BCUT2D eigenvalue weighted by Crippen LogP contribution is 2.09. The summed E-state index contributed by atoms with van der Waals surface area (Å²) in [7, 11) is 0. The Balaban J connectivity index is 2.66. The van der Waals surface area contributed by atoms with E-state index < -0.39 is 11.6 Å². The van der Waals surface area contributed by atoms with Gasteiger partial charge in [-0.15, -0.1) is 0 Å². The Hall–Kier alpha value is -1.18. The van der Waals surface area contributed by atoms with Crippen LogP contribution in [0.1, 0.15) is 18.9 Å². The number of rotatable bonds is 3. The van der Waals surface area contributed by atoms with Crippen molar-refractivity contribution in [3.8, 4) is 0 Å². The Labute approximate surface area is 76.9 Å². The Kier molecular flexibility index (Phi) is 3.62. The number of hydrogen-bond donors (Lipinski definition) is 0. The number of aryl methyl sites for hydroxylation is 1. The van der Waals surface area contributed by atoms with Crippen LogP contribution < -0.4 is 0 Å². The van der Waals surface area contributed by atoms with Crippen molar-refractivity contribution in [3.63, 3.8) is 0 Å². The Morgan fingerprint density at radius 3 is 2.31 bits per heavy atom.